The Hall–Kier alpha value is -2.88. The number of hydrogen-bond donors (Lipinski definition) is 4. The summed E-state index contributed by atoms with van der Waals surface area (Å²) in [6, 6.07) is -1.13. The van der Waals surface area contributed by atoms with Crippen molar-refractivity contribution in [2.75, 3.05) is 13.2 Å². The number of esters is 1. The number of nitrogens with one attached hydrogen (secondary N) is 3. The van der Waals surface area contributed by atoms with Crippen molar-refractivity contribution in [1.29, 1.82) is 0 Å². The standard InChI is InChI=1S/C15H24N2O3.C11H19NO4/c1-4-10-7-12(16-9-10)13(18)17-15(8-11(15)5-2)14(19)20-6-3;1-5-6-7-8(9(13)14)12-10(15)16-11(2,3)4/h5,10-12,16H,2,4,6-9H2,1,3H3,(H,17,18);5,8H,1,6-7H2,2-4H3,(H,12,15)(H,13,14)/t10-,11-,12+,15-;8-/m10/s1. The van der Waals surface area contributed by atoms with Crippen LogP contribution in [0.5, 0.6) is 0 Å². The Morgan fingerprint density at radius 3 is 2.33 bits per heavy atom. The number of hydrogen-bond acceptors (Lipinski definition) is 7. The van der Waals surface area contributed by atoms with Gasteiger partial charge in [0.1, 0.15) is 17.2 Å². The maximum Gasteiger partial charge on any atom is 0.408 e. The number of amides is 2. The zero-order chi connectivity index (χ0) is 27.5. The van der Waals surface area contributed by atoms with E-state index in [2.05, 4.69) is 36.0 Å². The molecule has 0 aromatic rings. The van der Waals surface area contributed by atoms with Crippen LogP contribution in [-0.4, -0.2) is 65.4 Å². The minimum Gasteiger partial charge on any atom is -0.480 e. The van der Waals surface area contributed by atoms with Gasteiger partial charge in [-0.05, 0) is 65.8 Å². The molecular formula is C26H43N3O7. The largest absolute Gasteiger partial charge is 0.480 e. The third-order valence-electron chi connectivity index (χ3n) is 6.05. The number of carboxylic acid groups (broad SMARTS) is 1. The highest BCUT2D eigenvalue weighted by Crippen LogP contribution is 2.45. The molecule has 36 heavy (non-hydrogen) atoms. The number of carbonyl (C=O) groups is 4. The molecule has 0 aromatic heterocycles. The number of aliphatic carboxylic acids is 1. The lowest BCUT2D eigenvalue weighted by molar-refractivity contribution is -0.149. The van der Waals surface area contributed by atoms with Gasteiger partial charge in [-0.2, -0.15) is 0 Å². The van der Waals surface area contributed by atoms with Crippen LogP contribution in [0.25, 0.3) is 0 Å². The molecule has 10 heteroatoms. The predicted molar refractivity (Wildman–Crippen MR) is 136 cm³/mol. The second-order valence-electron chi connectivity index (χ2n) is 10.1. The molecule has 2 aliphatic rings. The van der Waals surface area contributed by atoms with E-state index >= 15 is 0 Å². The van der Waals surface area contributed by atoms with Crippen LogP contribution in [0.1, 0.15) is 66.7 Å². The number of carboxylic acids is 1. The van der Waals surface area contributed by atoms with Crippen molar-refractivity contribution in [3.8, 4) is 0 Å². The smallest absolute Gasteiger partial charge is 0.408 e. The zero-order valence-corrected chi connectivity index (χ0v) is 22.2. The topological polar surface area (TPSA) is 143 Å². The van der Waals surface area contributed by atoms with Crippen LogP contribution in [0.3, 0.4) is 0 Å². The van der Waals surface area contributed by atoms with Crippen molar-refractivity contribution in [2.24, 2.45) is 11.8 Å². The maximum absolute atomic E-state index is 12.3. The van der Waals surface area contributed by atoms with Crippen LogP contribution in [0.15, 0.2) is 25.3 Å². The van der Waals surface area contributed by atoms with Crippen LogP contribution in [0.2, 0.25) is 0 Å². The van der Waals surface area contributed by atoms with Gasteiger partial charge in [0.25, 0.3) is 0 Å². The van der Waals surface area contributed by atoms with E-state index in [1.54, 1.807) is 39.8 Å². The van der Waals surface area contributed by atoms with E-state index in [0.29, 0.717) is 31.8 Å². The molecule has 1 aliphatic heterocycles. The Labute approximate surface area is 214 Å². The molecule has 10 nitrogen and oxygen atoms in total. The van der Waals surface area contributed by atoms with E-state index in [1.165, 1.54) is 0 Å². The summed E-state index contributed by atoms with van der Waals surface area (Å²) in [4.78, 5) is 46.5. The SMILES string of the molecule is C=CCC[C@H](NC(=O)OC(C)(C)C)C(=O)O.C=C[C@@H]1C[C@]1(NC(=O)[C@@H]1C[C@@H](CC)CN1)C(=O)OCC. The molecule has 0 aromatic carbocycles. The number of carbonyl (C=O) groups excluding carboxylic acids is 3. The van der Waals surface area contributed by atoms with Crippen molar-refractivity contribution in [3.63, 3.8) is 0 Å². The third-order valence-corrected chi connectivity index (χ3v) is 6.05. The van der Waals surface area contributed by atoms with Crippen LogP contribution < -0.4 is 16.0 Å². The van der Waals surface area contributed by atoms with Crippen LogP contribution in [0.4, 0.5) is 4.79 Å². The van der Waals surface area contributed by atoms with E-state index in [4.69, 9.17) is 14.6 Å². The lowest BCUT2D eigenvalue weighted by Crippen LogP contribution is -2.51. The molecule has 0 radical (unpaired) electrons. The Balaban J connectivity index is 0.000000371. The highest BCUT2D eigenvalue weighted by atomic mass is 16.6. The first-order valence-electron chi connectivity index (χ1n) is 12.5. The average molecular weight is 510 g/mol. The number of ether oxygens (including phenoxy) is 2. The molecule has 4 N–H and O–H groups in total. The molecule has 2 fully saturated rings. The first kappa shape index (κ1) is 31.2. The molecule has 0 bridgehead atoms. The molecular weight excluding hydrogens is 466 g/mol. The van der Waals surface area contributed by atoms with Crippen molar-refractivity contribution in [1.82, 2.24) is 16.0 Å². The third kappa shape index (κ3) is 9.64. The lowest BCUT2D eigenvalue weighted by Gasteiger charge is -2.21. The molecule has 204 valence electrons. The van der Waals surface area contributed by atoms with E-state index in [9.17, 15) is 19.2 Å². The maximum atomic E-state index is 12.3. The molecule has 5 atom stereocenters. The minimum atomic E-state index is -1.08. The lowest BCUT2D eigenvalue weighted by atomic mass is 10.0. The van der Waals surface area contributed by atoms with Gasteiger partial charge in [0.2, 0.25) is 5.91 Å². The number of rotatable bonds is 11. The van der Waals surface area contributed by atoms with Gasteiger partial charge in [-0.3, -0.25) is 4.79 Å². The first-order chi connectivity index (χ1) is 16.8. The molecule has 1 heterocycles. The minimum absolute atomic E-state index is 0.0196. The second kappa shape index (κ2) is 14.0. The van der Waals surface area contributed by atoms with Crippen LogP contribution >= 0.6 is 0 Å². The number of allylic oxidation sites excluding steroid dienone is 1. The fourth-order valence-electron chi connectivity index (χ4n) is 3.88. The van der Waals surface area contributed by atoms with Crippen LogP contribution in [-0.2, 0) is 23.9 Å². The summed E-state index contributed by atoms with van der Waals surface area (Å²) >= 11 is 0. The molecule has 1 saturated heterocycles. The van der Waals surface area contributed by atoms with E-state index < -0.39 is 29.2 Å². The van der Waals surface area contributed by atoms with Gasteiger partial charge >= 0.3 is 18.0 Å². The monoisotopic (exact) mass is 509 g/mol. The molecule has 2 rings (SSSR count). The molecule has 0 spiro atoms. The van der Waals surface area contributed by atoms with Crippen LogP contribution in [0, 0.1) is 11.8 Å². The van der Waals surface area contributed by atoms with Gasteiger partial charge < -0.3 is 30.5 Å². The fourth-order valence-corrected chi connectivity index (χ4v) is 3.88. The van der Waals surface area contributed by atoms with Crippen molar-refractivity contribution in [3.05, 3.63) is 25.3 Å². The highest BCUT2D eigenvalue weighted by molar-refractivity contribution is 5.93. The second-order valence-corrected chi connectivity index (χ2v) is 10.1. The van der Waals surface area contributed by atoms with Gasteiger partial charge in [0, 0.05) is 5.92 Å². The summed E-state index contributed by atoms with van der Waals surface area (Å²) in [6.45, 7) is 17.4. The summed E-state index contributed by atoms with van der Waals surface area (Å²) in [5.41, 5.74) is -1.51. The van der Waals surface area contributed by atoms with Gasteiger partial charge in [-0.25, -0.2) is 14.4 Å². The van der Waals surface area contributed by atoms with Gasteiger partial charge in [-0.1, -0.05) is 25.5 Å². The van der Waals surface area contributed by atoms with Gasteiger partial charge in [0.15, 0.2) is 0 Å². The predicted octanol–water partition coefficient (Wildman–Crippen LogP) is 2.93. The van der Waals surface area contributed by atoms with Gasteiger partial charge in [-0.15, -0.1) is 13.2 Å². The molecule has 2 amide bonds. The number of alkyl carbamates (subject to hydrolysis) is 1. The Morgan fingerprint density at radius 2 is 1.89 bits per heavy atom. The first-order valence-corrected chi connectivity index (χ1v) is 12.5. The average Bonchev–Trinajstić information content (AvgIpc) is 3.29. The van der Waals surface area contributed by atoms with E-state index in [1.807, 2.05) is 0 Å². The van der Waals surface area contributed by atoms with E-state index in [-0.39, 0.29) is 23.8 Å². The normalized spacial score (nSPS) is 25.3. The van der Waals surface area contributed by atoms with Gasteiger partial charge in [0.05, 0.1) is 12.6 Å². The quantitative estimate of drug-likeness (QED) is 0.246. The molecule has 1 saturated carbocycles. The Morgan fingerprint density at radius 1 is 1.22 bits per heavy atom. The summed E-state index contributed by atoms with van der Waals surface area (Å²) in [6.07, 6.45) is 5.91. The molecule has 1 aliphatic carbocycles. The summed E-state index contributed by atoms with van der Waals surface area (Å²) in [7, 11) is 0. The Kier molecular flexibility index (Phi) is 12.1. The molecule has 0 unspecified atom stereocenters. The highest BCUT2D eigenvalue weighted by Gasteiger charge is 2.61. The summed E-state index contributed by atoms with van der Waals surface area (Å²) < 4.78 is 10.0. The Bertz CT molecular complexity index is 808. The zero-order valence-electron chi connectivity index (χ0n) is 22.2. The summed E-state index contributed by atoms with van der Waals surface area (Å²) in [5, 5.41) is 17.3. The van der Waals surface area contributed by atoms with Crippen molar-refractivity contribution >= 4 is 23.9 Å². The van der Waals surface area contributed by atoms with Crippen molar-refractivity contribution < 1.29 is 33.8 Å². The fraction of sp³-hybridized carbons (Fsp3) is 0.692. The van der Waals surface area contributed by atoms with Crippen molar-refractivity contribution in [2.45, 2.75) is 89.9 Å². The van der Waals surface area contributed by atoms with E-state index in [0.717, 1.165) is 19.4 Å². The summed E-state index contributed by atoms with van der Waals surface area (Å²) in [5.74, 6) is -0.998.